The number of carbonyl (C=O) groups excluding carboxylic acids is 2. The molecular weight excluding hydrogens is 492 g/mol. The van der Waals surface area contributed by atoms with Crippen molar-refractivity contribution in [1.29, 1.82) is 0 Å². The summed E-state index contributed by atoms with van der Waals surface area (Å²) in [6.45, 7) is 5.86. The number of esters is 1. The number of amides is 1. The van der Waals surface area contributed by atoms with Crippen molar-refractivity contribution in [2.45, 2.75) is 46.5 Å². The fourth-order valence-electron chi connectivity index (χ4n) is 5.50. The van der Waals surface area contributed by atoms with E-state index in [9.17, 15) is 9.59 Å². The third-order valence-electron chi connectivity index (χ3n) is 7.22. The number of fused-ring (bicyclic) bond motifs is 3. The molecular formula is C32H28N2O5. The van der Waals surface area contributed by atoms with Crippen LogP contribution in [0, 0.1) is 20.8 Å². The lowest BCUT2D eigenvalue weighted by Gasteiger charge is -2.13. The second kappa shape index (κ2) is 9.91. The second-order valence-electron chi connectivity index (χ2n) is 10.1. The molecule has 1 aliphatic carbocycles. The number of carbonyl (C=O) groups is 2. The molecule has 1 aliphatic rings. The van der Waals surface area contributed by atoms with Crippen LogP contribution in [0.4, 0.5) is 0 Å². The molecule has 1 amide bonds. The average Bonchev–Trinajstić information content (AvgIpc) is 3.48. The zero-order valence-electron chi connectivity index (χ0n) is 22.1. The Hall–Kier alpha value is -4.65. The third-order valence-corrected chi connectivity index (χ3v) is 7.22. The van der Waals surface area contributed by atoms with Crippen molar-refractivity contribution in [3.63, 3.8) is 0 Å². The number of rotatable bonds is 5. The van der Waals surface area contributed by atoms with E-state index in [4.69, 9.17) is 13.6 Å². The van der Waals surface area contributed by atoms with Crippen molar-refractivity contribution >= 4 is 39.3 Å². The predicted molar refractivity (Wildman–Crippen MR) is 149 cm³/mol. The van der Waals surface area contributed by atoms with Gasteiger partial charge in [-0.3, -0.25) is 4.79 Å². The Bertz CT molecular complexity index is 1780. The first-order valence-electron chi connectivity index (χ1n) is 13.0. The van der Waals surface area contributed by atoms with Crippen LogP contribution in [0.25, 0.3) is 21.7 Å². The van der Waals surface area contributed by atoms with Gasteiger partial charge in [0.15, 0.2) is 0 Å². The fraction of sp³-hybridized carbons (Fsp3) is 0.219. The molecule has 0 radical (unpaired) electrons. The first kappa shape index (κ1) is 24.7. The molecule has 196 valence electrons. The molecule has 0 bridgehead atoms. The first-order valence-corrected chi connectivity index (χ1v) is 13.0. The summed E-state index contributed by atoms with van der Waals surface area (Å²) in [6, 6.07) is 17.4. The van der Waals surface area contributed by atoms with Crippen molar-refractivity contribution in [3.05, 3.63) is 100 Å². The van der Waals surface area contributed by atoms with Crippen LogP contribution in [0.2, 0.25) is 0 Å². The SMILES string of the molecule is Cc1cc(C)c2c(CC(=O)N/N=C3\CCCc4oc(C(=O)Oc5cccc6ccccc56)c(C)c43)coc2c1. The zero-order chi connectivity index (χ0) is 27.1. The lowest BCUT2D eigenvalue weighted by Crippen LogP contribution is -2.23. The molecule has 0 spiro atoms. The van der Waals surface area contributed by atoms with Crippen molar-refractivity contribution in [2.24, 2.45) is 5.10 Å². The topological polar surface area (TPSA) is 94.0 Å². The van der Waals surface area contributed by atoms with Crippen molar-refractivity contribution in [1.82, 2.24) is 5.43 Å². The monoisotopic (exact) mass is 520 g/mol. The number of nitrogens with one attached hydrogen (secondary N) is 1. The van der Waals surface area contributed by atoms with E-state index in [-0.39, 0.29) is 18.1 Å². The van der Waals surface area contributed by atoms with Gasteiger partial charge in [-0.25, -0.2) is 10.2 Å². The summed E-state index contributed by atoms with van der Waals surface area (Å²) >= 11 is 0. The Morgan fingerprint density at radius 2 is 1.85 bits per heavy atom. The van der Waals surface area contributed by atoms with E-state index in [1.54, 1.807) is 12.3 Å². The molecule has 0 unspecified atom stereocenters. The highest BCUT2D eigenvalue weighted by Crippen LogP contribution is 2.32. The highest BCUT2D eigenvalue weighted by Gasteiger charge is 2.29. The maximum absolute atomic E-state index is 13.2. The van der Waals surface area contributed by atoms with Gasteiger partial charge in [0.1, 0.15) is 17.1 Å². The van der Waals surface area contributed by atoms with Gasteiger partial charge >= 0.3 is 5.97 Å². The van der Waals surface area contributed by atoms with Crippen LogP contribution >= 0.6 is 0 Å². The fourth-order valence-corrected chi connectivity index (χ4v) is 5.50. The van der Waals surface area contributed by atoms with Crippen LogP contribution in [0.1, 0.15) is 57.0 Å². The molecule has 39 heavy (non-hydrogen) atoms. The molecule has 5 aromatic rings. The smallest absolute Gasteiger partial charge is 0.379 e. The van der Waals surface area contributed by atoms with Crippen LogP contribution in [-0.2, 0) is 17.6 Å². The minimum Gasteiger partial charge on any atom is -0.464 e. The number of furan rings is 2. The molecule has 7 heteroatoms. The summed E-state index contributed by atoms with van der Waals surface area (Å²) in [7, 11) is 0. The summed E-state index contributed by atoms with van der Waals surface area (Å²) < 4.78 is 17.4. The molecule has 0 atom stereocenters. The van der Waals surface area contributed by atoms with E-state index in [0.29, 0.717) is 35.6 Å². The zero-order valence-corrected chi connectivity index (χ0v) is 22.1. The number of benzene rings is 3. The average molecular weight is 521 g/mol. The minimum atomic E-state index is -0.556. The van der Waals surface area contributed by atoms with Crippen LogP contribution in [0.3, 0.4) is 0 Å². The molecule has 2 aromatic heterocycles. The number of aryl methyl sites for hydroxylation is 3. The number of hydrogen-bond acceptors (Lipinski definition) is 6. The summed E-state index contributed by atoms with van der Waals surface area (Å²) in [4.78, 5) is 26.0. The van der Waals surface area contributed by atoms with Gasteiger partial charge in [-0.1, -0.05) is 42.5 Å². The Labute approximate surface area is 225 Å². The number of hydrogen-bond donors (Lipinski definition) is 1. The lowest BCUT2D eigenvalue weighted by molar-refractivity contribution is -0.120. The molecule has 1 N–H and O–H groups in total. The van der Waals surface area contributed by atoms with Crippen molar-refractivity contribution in [3.8, 4) is 5.75 Å². The minimum absolute atomic E-state index is 0.146. The third kappa shape index (κ3) is 4.61. The highest BCUT2D eigenvalue weighted by atomic mass is 16.5. The van der Waals surface area contributed by atoms with Crippen LogP contribution in [0.5, 0.6) is 5.75 Å². The molecule has 2 heterocycles. The molecule has 0 saturated carbocycles. The molecule has 3 aromatic carbocycles. The van der Waals surface area contributed by atoms with Gasteiger partial charge in [-0.2, -0.15) is 5.10 Å². The molecule has 0 fully saturated rings. The molecule has 0 aliphatic heterocycles. The quantitative estimate of drug-likeness (QED) is 0.158. The lowest BCUT2D eigenvalue weighted by atomic mass is 9.93. The largest absolute Gasteiger partial charge is 0.464 e. The van der Waals surface area contributed by atoms with Gasteiger partial charge in [0.25, 0.3) is 0 Å². The number of hydrazone groups is 1. The normalized spacial score (nSPS) is 14.1. The van der Waals surface area contributed by atoms with Crippen molar-refractivity contribution in [2.75, 3.05) is 0 Å². The number of ether oxygens (including phenoxy) is 1. The van der Waals surface area contributed by atoms with E-state index in [1.807, 2.05) is 63.2 Å². The van der Waals surface area contributed by atoms with Gasteiger partial charge in [-0.05, 0) is 62.3 Å². The van der Waals surface area contributed by atoms with Gasteiger partial charge < -0.3 is 13.6 Å². The Kier molecular flexibility index (Phi) is 6.27. The molecule has 6 rings (SSSR count). The standard InChI is InChI=1S/C32H28N2O5/c1-18-14-19(2)29-22(17-37-27(29)15-18)16-28(35)34-33-24-11-7-13-26-30(24)20(3)31(38-26)32(36)39-25-12-6-9-21-8-4-5-10-23(21)25/h4-6,8-10,12,14-15,17H,7,11,13,16H2,1-3H3,(H,34,35)/b33-24+. The Balaban J connectivity index is 1.22. The van der Waals surface area contributed by atoms with Gasteiger partial charge in [0, 0.05) is 33.9 Å². The maximum atomic E-state index is 13.2. The summed E-state index contributed by atoms with van der Waals surface area (Å²) in [5.41, 5.74) is 8.61. The number of nitrogens with zero attached hydrogens (tertiary/aromatic N) is 1. The van der Waals surface area contributed by atoms with E-state index in [0.717, 1.165) is 50.4 Å². The van der Waals surface area contributed by atoms with E-state index >= 15 is 0 Å². The summed E-state index contributed by atoms with van der Waals surface area (Å²) in [5, 5.41) is 7.25. The molecule has 0 saturated heterocycles. The highest BCUT2D eigenvalue weighted by molar-refractivity contribution is 6.06. The van der Waals surface area contributed by atoms with Gasteiger partial charge in [-0.15, -0.1) is 0 Å². The van der Waals surface area contributed by atoms with Crippen molar-refractivity contribution < 1.29 is 23.2 Å². The second-order valence-corrected chi connectivity index (χ2v) is 10.1. The summed E-state index contributed by atoms with van der Waals surface area (Å²) in [6.07, 6.45) is 3.93. The predicted octanol–water partition coefficient (Wildman–Crippen LogP) is 6.72. The van der Waals surface area contributed by atoms with Crippen LogP contribution in [0.15, 0.2) is 74.8 Å². The van der Waals surface area contributed by atoms with E-state index in [1.165, 1.54) is 0 Å². The van der Waals surface area contributed by atoms with E-state index in [2.05, 4.69) is 16.6 Å². The van der Waals surface area contributed by atoms with Gasteiger partial charge in [0.2, 0.25) is 11.7 Å². The Morgan fingerprint density at radius 1 is 1.03 bits per heavy atom. The van der Waals surface area contributed by atoms with Gasteiger partial charge in [0.05, 0.1) is 18.4 Å². The maximum Gasteiger partial charge on any atom is 0.379 e. The molecule has 7 nitrogen and oxygen atoms in total. The first-order chi connectivity index (χ1) is 18.9. The Morgan fingerprint density at radius 3 is 2.72 bits per heavy atom. The summed E-state index contributed by atoms with van der Waals surface area (Å²) in [5.74, 6) is 0.520. The van der Waals surface area contributed by atoms with Crippen LogP contribution < -0.4 is 10.2 Å². The van der Waals surface area contributed by atoms with Crippen LogP contribution in [-0.4, -0.2) is 17.6 Å². The van der Waals surface area contributed by atoms with E-state index < -0.39 is 5.97 Å².